The number of aromatic nitrogens is 2. The van der Waals surface area contributed by atoms with Crippen LogP contribution in [0.1, 0.15) is 27.3 Å². The molecular formula is C25H23N3O3S. The van der Waals surface area contributed by atoms with Gasteiger partial charge in [0.05, 0.1) is 7.11 Å². The van der Waals surface area contributed by atoms with Crippen molar-refractivity contribution in [3.05, 3.63) is 101 Å². The van der Waals surface area contributed by atoms with Gasteiger partial charge in [-0.3, -0.25) is 4.79 Å². The molecule has 0 atom stereocenters. The number of hydrogen-bond acceptors (Lipinski definition) is 6. The lowest BCUT2D eigenvalue weighted by Gasteiger charge is -2.07. The van der Waals surface area contributed by atoms with E-state index in [1.54, 1.807) is 31.4 Å². The average Bonchev–Trinajstić information content (AvgIpc) is 3.26. The summed E-state index contributed by atoms with van der Waals surface area (Å²) in [5, 5.41) is 3.38. The minimum atomic E-state index is -0.137. The quantitative estimate of drug-likeness (QED) is 0.397. The Morgan fingerprint density at radius 2 is 1.72 bits per heavy atom. The van der Waals surface area contributed by atoms with Crippen molar-refractivity contribution in [3.8, 4) is 16.7 Å². The minimum absolute atomic E-state index is 0.137. The maximum Gasteiger partial charge on any atom is 0.298 e. The molecule has 162 valence electrons. The molecule has 0 bridgehead atoms. The number of amides is 1. The molecule has 1 N–H and O–H groups in total. The third-order valence-electron chi connectivity index (χ3n) is 4.79. The Morgan fingerprint density at radius 3 is 2.56 bits per heavy atom. The first-order valence-electron chi connectivity index (χ1n) is 10.2. The van der Waals surface area contributed by atoms with Crippen LogP contribution >= 0.6 is 11.5 Å². The van der Waals surface area contributed by atoms with Crippen LogP contribution < -0.4 is 14.8 Å². The summed E-state index contributed by atoms with van der Waals surface area (Å²) in [7, 11) is 1.64. The highest BCUT2D eigenvalue weighted by molar-refractivity contribution is 7.07. The van der Waals surface area contributed by atoms with Crippen LogP contribution in [0, 0.1) is 0 Å². The van der Waals surface area contributed by atoms with Crippen molar-refractivity contribution >= 4 is 17.4 Å². The third-order valence-corrected chi connectivity index (χ3v) is 5.42. The summed E-state index contributed by atoms with van der Waals surface area (Å²) in [5.41, 5.74) is 2.78. The van der Waals surface area contributed by atoms with Gasteiger partial charge in [0.2, 0.25) is 0 Å². The van der Waals surface area contributed by atoms with Gasteiger partial charge in [-0.1, -0.05) is 48.5 Å². The summed E-state index contributed by atoms with van der Waals surface area (Å²) >= 11 is 1.18. The van der Waals surface area contributed by atoms with Crippen LogP contribution in [0.2, 0.25) is 0 Å². The molecule has 32 heavy (non-hydrogen) atoms. The lowest BCUT2D eigenvalue weighted by molar-refractivity contribution is 0.0954. The monoisotopic (exact) mass is 445 g/mol. The maximum absolute atomic E-state index is 12.5. The normalized spacial score (nSPS) is 10.5. The van der Waals surface area contributed by atoms with Crippen LogP contribution in [0.4, 0.5) is 0 Å². The second-order valence-electron chi connectivity index (χ2n) is 7.13. The molecule has 3 aromatic carbocycles. The summed E-state index contributed by atoms with van der Waals surface area (Å²) in [6.45, 7) is 0.567. The summed E-state index contributed by atoms with van der Waals surface area (Å²) in [5.74, 6) is 1.88. The molecule has 1 amide bonds. The lowest BCUT2D eigenvalue weighted by Crippen LogP contribution is -2.25. The van der Waals surface area contributed by atoms with E-state index in [1.165, 1.54) is 17.1 Å². The number of nitrogens with one attached hydrogen (secondary N) is 1. The zero-order valence-electron chi connectivity index (χ0n) is 17.7. The highest BCUT2D eigenvalue weighted by Crippen LogP contribution is 2.25. The predicted octanol–water partition coefficient (Wildman–Crippen LogP) is 4.90. The van der Waals surface area contributed by atoms with Crippen LogP contribution in [0.15, 0.2) is 78.9 Å². The number of carbonyl (C=O) groups excluding carboxylic acids is 1. The minimum Gasteiger partial charge on any atom is -0.497 e. The third kappa shape index (κ3) is 5.92. The largest absolute Gasteiger partial charge is 0.497 e. The van der Waals surface area contributed by atoms with Gasteiger partial charge in [-0.05, 0) is 47.9 Å². The van der Waals surface area contributed by atoms with Crippen LogP contribution in [0.3, 0.4) is 0 Å². The zero-order valence-corrected chi connectivity index (χ0v) is 18.5. The van der Waals surface area contributed by atoms with Crippen LogP contribution in [0.5, 0.6) is 16.7 Å². The van der Waals surface area contributed by atoms with Crippen molar-refractivity contribution in [1.82, 2.24) is 14.7 Å². The number of methoxy groups -OCH3 is 1. The Morgan fingerprint density at radius 1 is 0.938 bits per heavy atom. The average molecular weight is 446 g/mol. The van der Waals surface area contributed by atoms with E-state index in [-0.39, 0.29) is 5.91 Å². The Bertz CT molecular complexity index is 1180. The smallest absolute Gasteiger partial charge is 0.298 e. The van der Waals surface area contributed by atoms with Crippen molar-refractivity contribution in [2.24, 2.45) is 0 Å². The molecule has 0 saturated heterocycles. The molecule has 0 unspecified atom stereocenters. The van der Waals surface area contributed by atoms with Gasteiger partial charge in [0.1, 0.15) is 11.5 Å². The van der Waals surface area contributed by atoms with E-state index < -0.39 is 0 Å². The number of nitrogens with zero attached hydrogens (tertiary/aromatic N) is 2. The molecular weight excluding hydrogens is 422 g/mol. The fraction of sp³-hybridized carbons (Fsp3) is 0.160. The van der Waals surface area contributed by atoms with E-state index in [9.17, 15) is 4.79 Å². The van der Waals surface area contributed by atoms with Crippen LogP contribution in [-0.2, 0) is 12.8 Å². The summed E-state index contributed by atoms with van der Waals surface area (Å²) in [6, 6.07) is 24.9. The van der Waals surface area contributed by atoms with E-state index in [2.05, 4.69) is 14.7 Å². The molecule has 4 rings (SSSR count). The number of ether oxygens (including phenoxy) is 2. The molecule has 0 saturated carbocycles. The first kappa shape index (κ1) is 21.5. The second-order valence-corrected chi connectivity index (χ2v) is 7.84. The fourth-order valence-electron chi connectivity index (χ4n) is 3.18. The zero-order chi connectivity index (χ0) is 22.2. The summed E-state index contributed by atoms with van der Waals surface area (Å²) in [4.78, 5) is 17.0. The first-order chi connectivity index (χ1) is 15.7. The fourth-order valence-corrected chi connectivity index (χ4v) is 3.75. The number of hydrogen-bond donors (Lipinski definition) is 1. The molecule has 4 aromatic rings. The maximum atomic E-state index is 12.5. The van der Waals surface area contributed by atoms with Gasteiger partial charge in [-0.2, -0.15) is 9.36 Å². The first-order valence-corrected chi connectivity index (χ1v) is 11.0. The predicted molar refractivity (Wildman–Crippen MR) is 125 cm³/mol. The molecule has 0 fully saturated rings. The van der Waals surface area contributed by atoms with Gasteiger partial charge < -0.3 is 14.8 Å². The van der Waals surface area contributed by atoms with E-state index >= 15 is 0 Å². The van der Waals surface area contributed by atoms with Crippen LogP contribution in [-0.4, -0.2) is 28.9 Å². The van der Waals surface area contributed by atoms with Gasteiger partial charge in [0.15, 0.2) is 5.82 Å². The van der Waals surface area contributed by atoms with Gasteiger partial charge in [0, 0.05) is 30.1 Å². The highest BCUT2D eigenvalue weighted by Gasteiger charge is 2.10. The SMILES string of the molecule is COc1cccc(Cc2nsc(Oc3cccc(C(=O)NCCc4ccccc4)c3)n2)c1. The highest BCUT2D eigenvalue weighted by atomic mass is 32.1. The number of carbonyl (C=O) groups is 1. The van der Waals surface area contributed by atoms with Gasteiger partial charge in [-0.15, -0.1) is 0 Å². The summed E-state index contributed by atoms with van der Waals surface area (Å²) < 4.78 is 15.5. The molecule has 0 spiro atoms. The lowest BCUT2D eigenvalue weighted by atomic mass is 10.1. The summed E-state index contributed by atoms with van der Waals surface area (Å²) in [6.07, 6.45) is 1.37. The molecule has 6 nitrogen and oxygen atoms in total. The molecule has 0 aliphatic rings. The van der Waals surface area contributed by atoms with E-state index in [0.717, 1.165) is 17.7 Å². The Balaban J connectivity index is 1.34. The van der Waals surface area contributed by atoms with Crippen molar-refractivity contribution in [2.75, 3.05) is 13.7 Å². The number of rotatable bonds is 9. The Labute approximate surface area is 191 Å². The standard InChI is InChI=1S/C25H23N3O3S/c1-30-21-11-5-9-19(15-21)16-23-27-25(32-28-23)31-22-12-6-10-20(17-22)24(29)26-14-13-18-7-3-2-4-8-18/h2-12,15,17H,13-14,16H2,1H3,(H,26,29). The van der Waals surface area contributed by atoms with Crippen molar-refractivity contribution in [1.29, 1.82) is 0 Å². The van der Waals surface area contributed by atoms with Crippen LogP contribution in [0.25, 0.3) is 0 Å². The molecule has 0 aliphatic heterocycles. The van der Waals surface area contributed by atoms with Gasteiger partial charge >= 0.3 is 0 Å². The Hall–Kier alpha value is -3.71. The number of benzene rings is 3. The second kappa shape index (κ2) is 10.5. The van der Waals surface area contributed by atoms with E-state index in [0.29, 0.717) is 35.3 Å². The topological polar surface area (TPSA) is 73.3 Å². The van der Waals surface area contributed by atoms with E-state index in [1.807, 2.05) is 54.6 Å². The molecule has 1 heterocycles. The van der Waals surface area contributed by atoms with E-state index in [4.69, 9.17) is 9.47 Å². The van der Waals surface area contributed by atoms with Gasteiger partial charge in [-0.25, -0.2) is 0 Å². The van der Waals surface area contributed by atoms with Crippen molar-refractivity contribution < 1.29 is 14.3 Å². The Kier molecular flexibility index (Phi) is 7.09. The molecule has 0 aliphatic carbocycles. The molecule has 0 radical (unpaired) electrons. The van der Waals surface area contributed by atoms with Gasteiger partial charge in [0.25, 0.3) is 11.1 Å². The van der Waals surface area contributed by atoms with Crippen molar-refractivity contribution in [2.45, 2.75) is 12.8 Å². The van der Waals surface area contributed by atoms with Crippen molar-refractivity contribution in [3.63, 3.8) is 0 Å². The molecule has 7 heteroatoms. The molecule has 1 aromatic heterocycles.